The van der Waals surface area contributed by atoms with Gasteiger partial charge in [0.15, 0.2) is 0 Å². The molecule has 1 aromatic heterocycles. The molecular formula is C12H12N2O2. The van der Waals surface area contributed by atoms with Crippen LogP contribution in [0, 0.1) is 0 Å². The zero-order valence-corrected chi connectivity index (χ0v) is 8.60. The second-order valence-corrected chi connectivity index (χ2v) is 4.39. The molecule has 0 amide bonds. The average molecular weight is 216 g/mol. The number of carboxylic acid groups (broad SMARTS) is 1. The number of para-hydroxylation sites is 1. The van der Waals surface area contributed by atoms with E-state index in [0.717, 1.165) is 16.5 Å². The first-order chi connectivity index (χ1) is 7.63. The maximum atomic E-state index is 11.0. The van der Waals surface area contributed by atoms with E-state index in [9.17, 15) is 4.79 Å². The van der Waals surface area contributed by atoms with Crippen LogP contribution >= 0.6 is 0 Å². The number of carboxylic acids is 1. The standard InChI is InChI=1S/C12H12N2O2/c13-12(11(15)16)5-9(12)8-6-14-10-4-2-1-3-7(8)10/h1-4,6,9,14H,5,13H2,(H,15,16)/t9-,12-/m0/s1. The molecule has 0 spiro atoms. The molecule has 82 valence electrons. The van der Waals surface area contributed by atoms with E-state index < -0.39 is 11.5 Å². The van der Waals surface area contributed by atoms with Gasteiger partial charge in [-0.2, -0.15) is 0 Å². The lowest BCUT2D eigenvalue weighted by Gasteiger charge is -2.03. The van der Waals surface area contributed by atoms with E-state index in [1.54, 1.807) is 0 Å². The number of nitrogens with two attached hydrogens (primary N) is 1. The van der Waals surface area contributed by atoms with Crippen molar-refractivity contribution in [2.24, 2.45) is 5.73 Å². The molecular weight excluding hydrogens is 204 g/mol. The van der Waals surface area contributed by atoms with Gasteiger partial charge in [-0.05, 0) is 18.1 Å². The van der Waals surface area contributed by atoms with E-state index in [2.05, 4.69) is 4.98 Å². The fraction of sp³-hybridized carbons (Fsp3) is 0.250. The van der Waals surface area contributed by atoms with Crippen LogP contribution in [0.4, 0.5) is 0 Å². The van der Waals surface area contributed by atoms with Gasteiger partial charge < -0.3 is 15.8 Å². The Morgan fingerprint density at radius 1 is 1.50 bits per heavy atom. The average Bonchev–Trinajstić information content (AvgIpc) is 2.80. The number of benzene rings is 1. The zero-order chi connectivity index (χ0) is 11.3. The van der Waals surface area contributed by atoms with Gasteiger partial charge in [0.25, 0.3) is 0 Å². The van der Waals surface area contributed by atoms with Crippen molar-refractivity contribution in [1.82, 2.24) is 4.98 Å². The number of fused-ring (bicyclic) bond motifs is 1. The molecule has 1 aliphatic rings. The molecule has 0 saturated heterocycles. The van der Waals surface area contributed by atoms with Crippen LogP contribution in [0.1, 0.15) is 17.9 Å². The van der Waals surface area contributed by atoms with Gasteiger partial charge in [-0.1, -0.05) is 18.2 Å². The van der Waals surface area contributed by atoms with Crippen molar-refractivity contribution in [3.8, 4) is 0 Å². The Bertz CT molecular complexity index is 575. The molecule has 1 fully saturated rings. The van der Waals surface area contributed by atoms with Gasteiger partial charge in [0.2, 0.25) is 0 Å². The lowest BCUT2D eigenvalue weighted by atomic mass is 10.1. The second-order valence-electron chi connectivity index (χ2n) is 4.39. The molecule has 1 saturated carbocycles. The molecule has 0 radical (unpaired) electrons. The van der Waals surface area contributed by atoms with E-state index in [1.165, 1.54) is 0 Å². The van der Waals surface area contributed by atoms with Gasteiger partial charge >= 0.3 is 5.97 Å². The van der Waals surface area contributed by atoms with Crippen molar-refractivity contribution in [1.29, 1.82) is 0 Å². The summed E-state index contributed by atoms with van der Waals surface area (Å²) in [5.74, 6) is -0.982. The van der Waals surface area contributed by atoms with Crippen LogP contribution in [0.25, 0.3) is 10.9 Å². The predicted molar refractivity (Wildman–Crippen MR) is 60.2 cm³/mol. The highest BCUT2D eigenvalue weighted by atomic mass is 16.4. The van der Waals surface area contributed by atoms with Gasteiger partial charge in [-0.3, -0.25) is 4.79 Å². The molecule has 4 nitrogen and oxygen atoms in total. The lowest BCUT2D eigenvalue weighted by Crippen LogP contribution is -2.34. The van der Waals surface area contributed by atoms with Gasteiger partial charge in [0.05, 0.1) is 0 Å². The maximum Gasteiger partial charge on any atom is 0.324 e. The van der Waals surface area contributed by atoms with Gasteiger partial charge in [-0.15, -0.1) is 0 Å². The summed E-state index contributed by atoms with van der Waals surface area (Å²) in [7, 11) is 0. The van der Waals surface area contributed by atoms with Crippen molar-refractivity contribution in [3.05, 3.63) is 36.0 Å². The minimum Gasteiger partial charge on any atom is -0.480 e. The number of hydrogen-bond donors (Lipinski definition) is 3. The summed E-state index contributed by atoms with van der Waals surface area (Å²) in [5.41, 5.74) is 6.78. The van der Waals surface area contributed by atoms with Gasteiger partial charge in [-0.25, -0.2) is 0 Å². The molecule has 1 heterocycles. The number of aromatic nitrogens is 1. The van der Waals surface area contributed by atoms with E-state index in [-0.39, 0.29) is 5.92 Å². The van der Waals surface area contributed by atoms with Gasteiger partial charge in [0, 0.05) is 23.0 Å². The normalized spacial score (nSPS) is 28.2. The summed E-state index contributed by atoms with van der Waals surface area (Å²) < 4.78 is 0. The Balaban J connectivity index is 2.06. The van der Waals surface area contributed by atoms with Crippen molar-refractivity contribution < 1.29 is 9.90 Å². The fourth-order valence-electron chi connectivity index (χ4n) is 2.28. The minimum absolute atomic E-state index is 0.0684. The predicted octanol–water partition coefficient (Wildman–Crippen LogP) is 1.44. The summed E-state index contributed by atoms with van der Waals surface area (Å²) in [4.78, 5) is 14.1. The summed E-state index contributed by atoms with van der Waals surface area (Å²) in [6.07, 6.45) is 2.39. The molecule has 3 rings (SSSR count). The van der Waals surface area contributed by atoms with Crippen LogP contribution in [0.5, 0.6) is 0 Å². The summed E-state index contributed by atoms with van der Waals surface area (Å²) in [6.45, 7) is 0. The number of nitrogens with one attached hydrogen (secondary N) is 1. The number of aliphatic carboxylic acids is 1. The van der Waals surface area contributed by atoms with Crippen molar-refractivity contribution in [2.45, 2.75) is 17.9 Å². The maximum absolute atomic E-state index is 11.0. The Morgan fingerprint density at radius 2 is 2.25 bits per heavy atom. The number of rotatable bonds is 2. The smallest absolute Gasteiger partial charge is 0.324 e. The van der Waals surface area contributed by atoms with Crippen LogP contribution in [0.15, 0.2) is 30.5 Å². The molecule has 2 aromatic rings. The van der Waals surface area contributed by atoms with E-state index in [1.807, 2.05) is 30.5 Å². The third-order valence-corrected chi connectivity index (χ3v) is 3.40. The monoisotopic (exact) mass is 216 g/mol. The number of carbonyl (C=O) groups is 1. The van der Waals surface area contributed by atoms with Crippen molar-refractivity contribution in [3.63, 3.8) is 0 Å². The topological polar surface area (TPSA) is 79.1 Å². The largest absolute Gasteiger partial charge is 0.480 e. The molecule has 0 unspecified atom stereocenters. The number of aromatic amines is 1. The molecule has 1 aliphatic carbocycles. The third kappa shape index (κ3) is 1.10. The Labute approximate surface area is 92.1 Å². The van der Waals surface area contributed by atoms with E-state index in [4.69, 9.17) is 10.8 Å². The minimum atomic E-state index is -1.06. The molecule has 4 N–H and O–H groups in total. The highest BCUT2D eigenvalue weighted by molar-refractivity contribution is 5.90. The number of hydrogen-bond acceptors (Lipinski definition) is 2. The molecule has 2 atom stereocenters. The highest BCUT2D eigenvalue weighted by Crippen LogP contribution is 2.51. The molecule has 0 bridgehead atoms. The lowest BCUT2D eigenvalue weighted by molar-refractivity contribution is -0.139. The van der Waals surface area contributed by atoms with Crippen LogP contribution in [-0.2, 0) is 4.79 Å². The SMILES string of the molecule is N[C@@]1(C(=O)O)C[C@H]1c1c[nH]c2ccccc12. The quantitative estimate of drug-likeness (QED) is 0.710. The second kappa shape index (κ2) is 2.86. The molecule has 1 aromatic carbocycles. The molecule has 0 aliphatic heterocycles. The Hall–Kier alpha value is -1.81. The zero-order valence-electron chi connectivity index (χ0n) is 8.60. The summed E-state index contributed by atoms with van der Waals surface area (Å²) >= 11 is 0. The number of H-pyrrole nitrogens is 1. The van der Waals surface area contributed by atoms with Crippen LogP contribution < -0.4 is 5.73 Å². The van der Waals surface area contributed by atoms with Crippen LogP contribution in [-0.4, -0.2) is 21.6 Å². The fourth-order valence-corrected chi connectivity index (χ4v) is 2.28. The highest BCUT2D eigenvalue weighted by Gasteiger charge is 2.58. The first-order valence-corrected chi connectivity index (χ1v) is 5.21. The molecule has 4 heteroatoms. The Morgan fingerprint density at radius 3 is 2.94 bits per heavy atom. The van der Waals surface area contributed by atoms with Crippen molar-refractivity contribution >= 4 is 16.9 Å². The van der Waals surface area contributed by atoms with E-state index in [0.29, 0.717) is 6.42 Å². The van der Waals surface area contributed by atoms with E-state index >= 15 is 0 Å². The Kier molecular flexibility index (Phi) is 1.68. The van der Waals surface area contributed by atoms with Crippen LogP contribution in [0.3, 0.4) is 0 Å². The first-order valence-electron chi connectivity index (χ1n) is 5.21. The molecule has 16 heavy (non-hydrogen) atoms. The van der Waals surface area contributed by atoms with Gasteiger partial charge in [0.1, 0.15) is 5.54 Å². The summed E-state index contributed by atoms with van der Waals surface area (Å²) in [5, 5.41) is 10.1. The third-order valence-electron chi connectivity index (χ3n) is 3.40. The first kappa shape index (κ1) is 9.42. The summed E-state index contributed by atoms with van der Waals surface area (Å²) in [6, 6.07) is 7.85. The van der Waals surface area contributed by atoms with Crippen molar-refractivity contribution in [2.75, 3.05) is 0 Å². The van der Waals surface area contributed by atoms with Crippen LogP contribution in [0.2, 0.25) is 0 Å².